The first-order chi connectivity index (χ1) is 13.5. The summed E-state index contributed by atoms with van der Waals surface area (Å²) in [5.74, 6) is -4.13. The quantitative estimate of drug-likeness (QED) is 0.330. The van der Waals surface area contributed by atoms with Crippen LogP contribution in [0.5, 0.6) is 0 Å². The number of nitrogens with zero attached hydrogens (tertiary/aromatic N) is 4. The molecule has 0 saturated carbocycles. The Bertz CT molecular complexity index is 797. The molecule has 0 bridgehead atoms. The Morgan fingerprint density at radius 1 is 1.17 bits per heavy atom. The van der Waals surface area contributed by atoms with Gasteiger partial charge in [0, 0.05) is 38.3 Å². The summed E-state index contributed by atoms with van der Waals surface area (Å²) < 4.78 is 77.9. The third kappa shape index (κ3) is 6.44. The maximum absolute atomic E-state index is 13.7. The van der Waals surface area contributed by atoms with E-state index < -0.39 is 42.1 Å². The molecule has 12 heteroatoms. The molecule has 6 nitrogen and oxygen atoms in total. The zero-order valence-corrected chi connectivity index (χ0v) is 15.2. The fourth-order valence-electron chi connectivity index (χ4n) is 2.92. The van der Waals surface area contributed by atoms with Crippen LogP contribution in [0.25, 0.3) is 0 Å². The Balaban J connectivity index is 1.99. The summed E-state index contributed by atoms with van der Waals surface area (Å²) in [7, 11) is 0. The number of hydrogen-bond donors (Lipinski definition) is 1. The maximum Gasteiger partial charge on any atom is 0.405 e. The zero-order chi connectivity index (χ0) is 21.8. The number of amidine groups is 1. The van der Waals surface area contributed by atoms with E-state index in [1.807, 2.05) is 0 Å². The first kappa shape index (κ1) is 22.7. The highest BCUT2D eigenvalue weighted by molar-refractivity contribution is 5.89. The van der Waals surface area contributed by atoms with Gasteiger partial charge in [-0.15, -0.1) is 5.10 Å². The minimum atomic E-state index is -4.45. The summed E-state index contributed by atoms with van der Waals surface area (Å²) in [5, 5.41) is 6.80. The van der Waals surface area contributed by atoms with E-state index in [2.05, 4.69) is 16.9 Å². The van der Waals surface area contributed by atoms with Gasteiger partial charge < -0.3 is 15.5 Å². The van der Waals surface area contributed by atoms with Crippen LogP contribution in [-0.4, -0.2) is 66.7 Å². The maximum atomic E-state index is 13.7. The summed E-state index contributed by atoms with van der Waals surface area (Å²) in [4.78, 5) is 14.6. The average Bonchev–Trinajstić information content (AvgIpc) is 2.60. The lowest BCUT2D eigenvalue weighted by atomic mass is 10.0. The van der Waals surface area contributed by atoms with Gasteiger partial charge in [0.05, 0.1) is 6.54 Å². The van der Waals surface area contributed by atoms with Crippen LogP contribution in [0.1, 0.15) is 12.0 Å². The summed E-state index contributed by atoms with van der Waals surface area (Å²) in [5.41, 5.74) is 5.64. The molecule has 0 radical (unpaired) electrons. The number of hydrogen-bond acceptors (Lipinski definition) is 4. The van der Waals surface area contributed by atoms with E-state index in [0.29, 0.717) is 12.1 Å². The third-order valence-electron chi connectivity index (χ3n) is 4.25. The van der Waals surface area contributed by atoms with Crippen molar-refractivity contribution in [3.8, 4) is 0 Å². The van der Waals surface area contributed by atoms with E-state index in [0.717, 1.165) is 4.90 Å². The smallest absolute Gasteiger partial charge is 0.346 e. The van der Waals surface area contributed by atoms with E-state index in [1.165, 1.54) is 4.90 Å². The molecular formula is C17H19F6N5O. The number of rotatable bonds is 6. The number of nitrogens with two attached hydrogens (primary N) is 1. The molecular weight excluding hydrogens is 404 g/mol. The number of carbonyl (C=O) groups is 1. The van der Waals surface area contributed by atoms with Crippen LogP contribution >= 0.6 is 0 Å². The number of halogens is 6. The molecule has 0 aromatic heterocycles. The van der Waals surface area contributed by atoms with Crippen molar-refractivity contribution in [1.29, 1.82) is 0 Å². The highest BCUT2D eigenvalue weighted by Crippen LogP contribution is 2.20. The molecule has 1 aromatic carbocycles. The summed E-state index contributed by atoms with van der Waals surface area (Å²) in [6, 6.07) is 0.156. The number of benzene rings is 1. The number of amides is 1. The molecule has 1 atom stereocenters. The topological polar surface area (TPSA) is 74.3 Å². The Labute approximate surface area is 162 Å². The molecule has 1 amide bonds. The van der Waals surface area contributed by atoms with Gasteiger partial charge in [-0.2, -0.15) is 18.3 Å². The summed E-state index contributed by atoms with van der Waals surface area (Å²) in [6.45, 7) is 1.53. The molecule has 1 aromatic rings. The SMILES string of the molecule is C=N/N=C1/CN(C(=O)C[C@H](N)Cc2cc(F)c(F)cc2F)CCN1CC(F)(F)F. The highest BCUT2D eigenvalue weighted by atomic mass is 19.4. The van der Waals surface area contributed by atoms with Crippen molar-refractivity contribution >= 4 is 18.5 Å². The Morgan fingerprint density at radius 2 is 1.83 bits per heavy atom. The number of carbonyl (C=O) groups excluding carboxylic acids is 1. The van der Waals surface area contributed by atoms with Crippen molar-refractivity contribution in [2.24, 2.45) is 15.9 Å². The normalized spacial score (nSPS) is 17.6. The van der Waals surface area contributed by atoms with Crippen LogP contribution in [0.3, 0.4) is 0 Å². The summed E-state index contributed by atoms with van der Waals surface area (Å²) >= 11 is 0. The lowest BCUT2D eigenvalue weighted by Gasteiger charge is -2.37. The van der Waals surface area contributed by atoms with Crippen LogP contribution in [0.4, 0.5) is 26.3 Å². The van der Waals surface area contributed by atoms with E-state index in [9.17, 15) is 31.1 Å². The van der Waals surface area contributed by atoms with Gasteiger partial charge in [0.2, 0.25) is 5.91 Å². The largest absolute Gasteiger partial charge is 0.405 e. The van der Waals surface area contributed by atoms with Crippen LogP contribution < -0.4 is 5.73 Å². The fourth-order valence-corrected chi connectivity index (χ4v) is 2.92. The van der Waals surface area contributed by atoms with E-state index >= 15 is 0 Å². The van der Waals surface area contributed by atoms with E-state index in [4.69, 9.17) is 5.73 Å². The van der Waals surface area contributed by atoms with Crippen LogP contribution in [0.2, 0.25) is 0 Å². The van der Waals surface area contributed by atoms with Gasteiger partial charge in [-0.25, -0.2) is 13.2 Å². The van der Waals surface area contributed by atoms with Crippen molar-refractivity contribution in [2.45, 2.75) is 25.1 Å². The average molecular weight is 423 g/mol. The van der Waals surface area contributed by atoms with Gasteiger partial charge in [0.1, 0.15) is 18.2 Å². The Hall–Kier alpha value is -2.63. The molecule has 0 unspecified atom stereocenters. The van der Waals surface area contributed by atoms with Gasteiger partial charge in [0.25, 0.3) is 0 Å². The third-order valence-corrected chi connectivity index (χ3v) is 4.25. The van der Waals surface area contributed by atoms with Crippen LogP contribution in [0.15, 0.2) is 22.3 Å². The first-order valence-corrected chi connectivity index (χ1v) is 8.51. The van der Waals surface area contributed by atoms with Crippen LogP contribution in [-0.2, 0) is 11.2 Å². The van der Waals surface area contributed by atoms with Crippen molar-refractivity contribution < 1.29 is 31.1 Å². The fraction of sp³-hybridized carbons (Fsp3) is 0.471. The molecule has 1 fully saturated rings. The molecule has 1 saturated heterocycles. The molecule has 1 heterocycles. The van der Waals surface area contributed by atoms with Crippen molar-refractivity contribution in [2.75, 3.05) is 26.2 Å². The predicted molar refractivity (Wildman–Crippen MR) is 93.8 cm³/mol. The molecule has 1 aliphatic heterocycles. The molecule has 2 rings (SSSR count). The first-order valence-electron chi connectivity index (χ1n) is 8.51. The standard InChI is InChI=1S/C17H19F6N5O/c1-25-26-15-8-27(2-3-28(15)9-17(21,22)23)16(29)6-11(24)4-10-5-13(19)14(20)7-12(10)18/h5,7,11H,1-4,6,8-9,24H2/b26-15-/t11-/m1/s1. The van der Waals surface area contributed by atoms with Gasteiger partial charge in [-0.1, -0.05) is 0 Å². The minimum Gasteiger partial charge on any atom is -0.346 e. The van der Waals surface area contributed by atoms with Crippen molar-refractivity contribution in [3.63, 3.8) is 0 Å². The number of alkyl halides is 3. The van der Waals surface area contributed by atoms with E-state index in [-0.39, 0.29) is 43.9 Å². The highest BCUT2D eigenvalue weighted by Gasteiger charge is 2.35. The van der Waals surface area contributed by atoms with Crippen molar-refractivity contribution in [3.05, 3.63) is 35.1 Å². The summed E-state index contributed by atoms with van der Waals surface area (Å²) in [6.07, 6.45) is -4.95. The Morgan fingerprint density at radius 3 is 2.45 bits per heavy atom. The monoisotopic (exact) mass is 423 g/mol. The van der Waals surface area contributed by atoms with Gasteiger partial charge in [0.15, 0.2) is 11.6 Å². The molecule has 2 N–H and O–H groups in total. The lowest BCUT2D eigenvalue weighted by molar-refractivity contribution is -0.141. The van der Waals surface area contributed by atoms with Gasteiger partial charge in [-0.05, 0) is 18.1 Å². The molecule has 1 aliphatic rings. The Kier molecular flexibility index (Phi) is 7.22. The zero-order valence-electron chi connectivity index (χ0n) is 15.2. The predicted octanol–water partition coefficient (Wildman–Crippen LogP) is 2.08. The van der Waals surface area contributed by atoms with Crippen molar-refractivity contribution in [1.82, 2.24) is 9.80 Å². The van der Waals surface area contributed by atoms with Gasteiger partial charge >= 0.3 is 6.18 Å². The molecule has 0 aliphatic carbocycles. The van der Waals surface area contributed by atoms with Gasteiger partial charge in [-0.3, -0.25) is 4.79 Å². The second kappa shape index (κ2) is 9.25. The lowest BCUT2D eigenvalue weighted by Crippen LogP contribution is -2.55. The van der Waals surface area contributed by atoms with Crippen LogP contribution in [0, 0.1) is 17.5 Å². The number of piperazine rings is 1. The molecule has 0 spiro atoms. The minimum absolute atomic E-state index is 0.00265. The molecule has 29 heavy (non-hydrogen) atoms. The second-order valence-corrected chi connectivity index (χ2v) is 6.54. The molecule has 160 valence electrons. The van der Waals surface area contributed by atoms with E-state index in [1.54, 1.807) is 0 Å². The second-order valence-electron chi connectivity index (χ2n) is 6.54.